The first-order valence-corrected chi connectivity index (χ1v) is 16.8. The number of benzene rings is 3. The van der Waals surface area contributed by atoms with Gasteiger partial charge in [0.15, 0.2) is 5.65 Å². The lowest BCUT2D eigenvalue weighted by Crippen LogP contribution is -2.55. The Morgan fingerprint density at radius 1 is 0.978 bits per heavy atom. The molecule has 1 unspecified atom stereocenters. The van der Waals surface area contributed by atoms with Crippen molar-refractivity contribution in [3.63, 3.8) is 0 Å². The molecule has 3 heterocycles. The van der Waals surface area contributed by atoms with E-state index in [2.05, 4.69) is 39.9 Å². The lowest BCUT2D eigenvalue weighted by Gasteiger charge is -2.40. The van der Waals surface area contributed by atoms with Gasteiger partial charge >= 0.3 is 0 Å². The van der Waals surface area contributed by atoms with Crippen LogP contribution < -0.4 is 0 Å². The summed E-state index contributed by atoms with van der Waals surface area (Å²) in [5, 5.41) is 12.0. The van der Waals surface area contributed by atoms with Crippen molar-refractivity contribution in [3.8, 4) is 0 Å². The van der Waals surface area contributed by atoms with Crippen LogP contribution in [0.15, 0.2) is 65.8 Å². The molecule has 1 fully saturated rings. The van der Waals surface area contributed by atoms with Crippen molar-refractivity contribution >= 4 is 80.4 Å². The molecule has 1 saturated heterocycles. The molecule has 0 saturated carbocycles. The van der Waals surface area contributed by atoms with Crippen molar-refractivity contribution in [1.82, 2.24) is 29.5 Å². The normalized spacial score (nSPS) is 15.3. The molecule has 0 bridgehead atoms. The van der Waals surface area contributed by atoms with Gasteiger partial charge in [-0.05, 0) is 68.3 Å². The second kappa shape index (κ2) is 13.5. The van der Waals surface area contributed by atoms with E-state index in [9.17, 15) is 9.59 Å². The lowest BCUT2D eigenvalue weighted by atomic mass is 10.1. The Bertz CT molecular complexity index is 1920. The molecular weight excluding hydrogens is 651 g/mol. The van der Waals surface area contributed by atoms with E-state index < -0.39 is 0 Å². The fourth-order valence-corrected chi connectivity index (χ4v) is 6.95. The number of fused-ring (bicyclic) bond motifs is 3. The van der Waals surface area contributed by atoms with Gasteiger partial charge in [-0.25, -0.2) is 4.98 Å². The second-order valence-electron chi connectivity index (χ2n) is 11.3. The fraction of sp³-hybridized carbons (Fsp3) is 0.303. The summed E-state index contributed by atoms with van der Waals surface area (Å²) in [6.45, 7) is 6.06. The molecular formula is C33H31Cl3N6O2S. The zero-order valence-electron chi connectivity index (χ0n) is 24.8. The van der Waals surface area contributed by atoms with Crippen molar-refractivity contribution in [2.45, 2.75) is 44.4 Å². The highest BCUT2D eigenvalue weighted by Gasteiger charge is 2.30. The van der Waals surface area contributed by atoms with Gasteiger partial charge in [-0.3, -0.25) is 9.59 Å². The smallest absolute Gasteiger partial charge is 0.254 e. The predicted octanol–water partition coefficient (Wildman–Crippen LogP) is 7.54. The molecule has 1 aliphatic rings. The van der Waals surface area contributed by atoms with Crippen molar-refractivity contribution < 1.29 is 9.59 Å². The van der Waals surface area contributed by atoms with Gasteiger partial charge in [0.1, 0.15) is 5.52 Å². The van der Waals surface area contributed by atoms with Crippen LogP contribution in [0.2, 0.25) is 15.1 Å². The minimum Gasteiger partial charge on any atom is -0.339 e. The van der Waals surface area contributed by atoms with E-state index in [4.69, 9.17) is 39.8 Å². The van der Waals surface area contributed by atoms with Crippen molar-refractivity contribution in [2.24, 2.45) is 0 Å². The molecule has 45 heavy (non-hydrogen) atoms. The molecule has 3 aromatic carbocycles. The Kier molecular flexibility index (Phi) is 9.52. The first-order valence-electron chi connectivity index (χ1n) is 14.7. The van der Waals surface area contributed by atoms with Crippen LogP contribution in [0.3, 0.4) is 0 Å². The SMILES string of the molecule is Cc1ccc2c(c1)c1nnc(SCCCC(=O)N3CCN(C(=O)c4ccc(Cl)c(Cl)c4)C(C)C3)nc1n2Cc1cccc(Cl)c1. The summed E-state index contributed by atoms with van der Waals surface area (Å²) in [7, 11) is 0. The third-order valence-electron chi connectivity index (χ3n) is 8.01. The molecule has 2 amide bonds. The van der Waals surface area contributed by atoms with Crippen LogP contribution in [0.5, 0.6) is 0 Å². The number of aromatic nitrogens is 4. The first kappa shape index (κ1) is 31.6. The number of amides is 2. The predicted molar refractivity (Wildman–Crippen MR) is 182 cm³/mol. The van der Waals surface area contributed by atoms with Crippen LogP contribution in [0.1, 0.15) is 41.3 Å². The van der Waals surface area contributed by atoms with E-state index in [1.165, 1.54) is 11.8 Å². The Morgan fingerprint density at radius 2 is 1.82 bits per heavy atom. The number of aryl methyl sites for hydroxylation is 1. The van der Waals surface area contributed by atoms with Crippen LogP contribution in [0.25, 0.3) is 22.1 Å². The van der Waals surface area contributed by atoms with E-state index in [0.29, 0.717) is 70.6 Å². The highest BCUT2D eigenvalue weighted by molar-refractivity contribution is 7.99. The number of rotatable bonds is 8. The van der Waals surface area contributed by atoms with Crippen molar-refractivity contribution in [2.75, 3.05) is 25.4 Å². The molecule has 2 aromatic heterocycles. The van der Waals surface area contributed by atoms with E-state index in [0.717, 1.165) is 33.2 Å². The number of carbonyl (C=O) groups is 2. The van der Waals surface area contributed by atoms with Crippen molar-refractivity contribution in [3.05, 3.63) is 92.4 Å². The Morgan fingerprint density at radius 3 is 2.60 bits per heavy atom. The molecule has 0 N–H and O–H groups in total. The molecule has 12 heteroatoms. The third-order valence-corrected chi connectivity index (χ3v) is 9.90. The Hall–Kier alpha value is -3.37. The first-order chi connectivity index (χ1) is 21.7. The van der Waals surface area contributed by atoms with E-state index in [-0.39, 0.29) is 17.9 Å². The van der Waals surface area contributed by atoms with E-state index in [1.807, 2.05) is 36.1 Å². The molecule has 232 valence electrons. The van der Waals surface area contributed by atoms with Crippen LogP contribution in [0.4, 0.5) is 0 Å². The maximum Gasteiger partial charge on any atom is 0.254 e. The fourth-order valence-electron chi connectivity index (χ4n) is 5.72. The molecule has 8 nitrogen and oxygen atoms in total. The summed E-state index contributed by atoms with van der Waals surface area (Å²) >= 11 is 19.9. The number of carbonyl (C=O) groups excluding carboxylic acids is 2. The Balaban J connectivity index is 1.07. The van der Waals surface area contributed by atoms with Crippen LogP contribution >= 0.6 is 46.6 Å². The van der Waals surface area contributed by atoms with Crippen LogP contribution in [-0.4, -0.2) is 72.8 Å². The summed E-state index contributed by atoms with van der Waals surface area (Å²) in [4.78, 5) is 34.6. The summed E-state index contributed by atoms with van der Waals surface area (Å²) in [6.07, 6.45) is 1.08. The van der Waals surface area contributed by atoms with Gasteiger partial charge in [0, 0.05) is 60.4 Å². The average molecular weight is 682 g/mol. The maximum atomic E-state index is 13.1. The van der Waals surface area contributed by atoms with E-state index >= 15 is 0 Å². The maximum absolute atomic E-state index is 13.1. The number of hydrogen-bond acceptors (Lipinski definition) is 6. The molecule has 0 spiro atoms. The number of piperazine rings is 1. The average Bonchev–Trinajstić information content (AvgIpc) is 3.31. The molecule has 0 aliphatic carbocycles. The summed E-state index contributed by atoms with van der Waals surface area (Å²) in [5.41, 5.74) is 5.28. The quantitative estimate of drug-likeness (QED) is 0.124. The minimum atomic E-state index is -0.118. The van der Waals surface area contributed by atoms with Crippen LogP contribution in [-0.2, 0) is 11.3 Å². The number of thioether (sulfide) groups is 1. The van der Waals surface area contributed by atoms with Gasteiger partial charge in [-0.2, -0.15) is 0 Å². The van der Waals surface area contributed by atoms with Crippen molar-refractivity contribution in [1.29, 1.82) is 0 Å². The Labute approximate surface area is 280 Å². The van der Waals surface area contributed by atoms with Gasteiger partial charge in [0.05, 0.1) is 15.6 Å². The summed E-state index contributed by atoms with van der Waals surface area (Å²) in [6, 6.07) is 18.9. The molecule has 5 aromatic rings. The molecule has 0 radical (unpaired) electrons. The molecule has 1 atom stereocenters. The van der Waals surface area contributed by atoms with Gasteiger partial charge in [0.25, 0.3) is 5.91 Å². The largest absolute Gasteiger partial charge is 0.339 e. The van der Waals surface area contributed by atoms with Gasteiger partial charge in [0.2, 0.25) is 11.1 Å². The second-order valence-corrected chi connectivity index (χ2v) is 13.6. The molecule has 6 rings (SSSR count). The number of halogens is 3. The monoisotopic (exact) mass is 680 g/mol. The highest BCUT2D eigenvalue weighted by atomic mass is 35.5. The highest BCUT2D eigenvalue weighted by Crippen LogP contribution is 2.30. The van der Waals surface area contributed by atoms with Gasteiger partial charge in [-0.1, -0.05) is 70.3 Å². The van der Waals surface area contributed by atoms with E-state index in [1.54, 1.807) is 23.1 Å². The summed E-state index contributed by atoms with van der Waals surface area (Å²) in [5.74, 6) is 0.644. The lowest BCUT2D eigenvalue weighted by molar-refractivity contribution is -0.133. The number of hydrogen-bond donors (Lipinski definition) is 0. The topological polar surface area (TPSA) is 84.2 Å². The summed E-state index contributed by atoms with van der Waals surface area (Å²) < 4.78 is 2.16. The van der Waals surface area contributed by atoms with Gasteiger partial charge < -0.3 is 14.4 Å². The van der Waals surface area contributed by atoms with Crippen LogP contribution in [0, 0.1) is 6.92 Å². The van der Waals surface area contributed by atoms with Gasteiger partial charge in [-0.15, -0.1) is 10.2 Å². The number of nitrogens with zero attached hydrogens (tertiary/aromatic N) is 6. The minimum absolute atomic E-state index is 0.0793. The third kappa shape index (κ3) is 6.92. The zero-order chi connectivity index (χ0) is 31.7. The molecule has 1 aliphatic heterocycles. The standard InChI is InChI=1S/C33H31Cl3N6O2S/c1-20-8-11-28-25(15-20)30-31(42(28)19-22-5-3-6-24(34)16-22)37-33(39-38-30)45-14-4-7-29(43)40-12-13-41(21(2)18-40)32(44)23-9-10-26(35)27(36)17-23/h3,5-6,8-11,15-17,21H,4,7,12-14,18-19H2,1-2H3. The zero-order valence-corrected chi connectivity index (χ0v) is 27.9.